The fourth-order valence-corrected chi connectivity index (χ4v) is 8.72. The Morgan fingerprint density at radius 1 is 0.505 bits per heavy atom. The zero-order chi connectivity index (χ0) is 71.1. The van der Waals surface area contributed by atoms with Gasteiger partial charge in [0.05, 0.1) is 19.1 Å². The smallest absolute Gasteiger partial charge is 0.493 e. The Morgan fingerprint density at radius 3 is 1.35 bits per heavy atom. The molecule has 536 valence electrons. The predicted octanol–water partition coefficient (Wildman–Crippen LogP) is 18.7. The van der Waals surface area contributed by atoms with Gasteiger partial charge in [0.15, 0.2) is 29.8 Å². The van der Waals surface area contributed by atoms with Gasteiger partial charge in [0.1, 0.15) is 62.3 Å². The number of ether oxygens (including phenoxy) is 2. The van der Waals surface area contributed by atoms with Gasteiger partial charge in [0.2, 0.25) is 0 Å². The van der Waals surface area contributed by atoms with Crippen molar-refractivity contribution in [1.29, 1.82) is 0 Å². The van der Waals surface area contributed by atoms with Gasteiger partial charge in [-0.1, -0.05) is 176 Å². The minimum Gasteiger partial charge on any atom is -0.493 e. The zero-order valence-electron chi connectivity index (χ0n) is 58.0. The minimum atomic E-state index is -0.505. The van der Waals surface area contributed by atoms with Crippen molar-refractivity contribution in [2.24, 2.45) is 11.8 Å². The van der Waals surface area contributed by atoms with Crippen LogP contribution in [0, 0.1) is 36.8 Å². The van der Waals surface area contributed by atoms with Crippen molar-refractivity contribution < 1.29 is 88.6 Å². The Bertz CT molecular complexity index is 3150. The quantitative estimate of drug-likeness (QED) is 0.0161. The van der Waals surface area contributed by atoms with Crippen LogP contribution in [0.3, 0.4) is 0 Å². The van der Waals surface area contributed by atoms with E-state index in [4.69, 9.17) is 25.5 Å². The summed E-state index contributed by atoms with van der Waals surface area (Å²) in [6, 6.07) is 40.6. The summed E-state index contributed by atoms with van der Waals surface area (Å²) in [5, 5.41) is 10.8. The third kappa shape index (κ3) is 49.8. The summed E-state index contributed by atoms with van der Waals surface area (Å²) in [5.41, 5.74) is 4.75. The van der Waals surface area contributed by atoms with Gasteiger partial charge in [-0.15, -0.1) is 0 Å². The average Bonchev–Trinajstić information content (AvgIpc) is 1.96. The molecule has 7 aromatic rings. The molecule has 0 unspecified atom stereocenters. The van der Waals surface area contributed by atoms with Crippen LogP contribution >= 0.6 is 11.6 Å². The molecular weight excluding hydrogens is 1320 g/mol. The van der Waals surface area contributed by atoms with Gasteiger partial charge in [-0.2, -0.15) is 0 Å². The molecule has 99 heavy (non-hydrogen) atoms. The van der Waals surface area contributed by atoms with Crippen LogP contribution in [0.1, 0.15) is 210 Å². The van der Waals surface area contributed by atoms with E-state index in [0.29, 0.717) is 93.1 Å². The van der Waals surface area contributed by atoms with Crippen LogP contribution in [0.15, 0.2) is 162 Å². The van der Waals surface area contributed by atoms with E-state index in [0.717, 1.165) is 106 Å². The summed E-state index contributed by atoms with van der Waals surface area (Å²) in [6.07, 6.45) is 37.7. The summed E-state index contributed by atoms with van der Waals surface area (Å²) < 4.78 is 15.2. The van der Waals surface area contributed by atoms with Crippen molar-refractivity contribution in [3.05, 3.63) is 227 Å². The van der Waals surface area contributed by atoms with Crippen LogP contribution in [-0.2, 0) is 47.5 Å². The molecule has 3 aliphatic carbocycles. The summed E-state index contributed by atoms with van der Waals surface area (Å²) in [4.78, 5) is 123. The number of non-ortho nitro benzene ring substituents is 1. The number of pyridine rings is 1. The van der Waals surface area contributed by atoms with E-state index in [1.807, 2.05) is 49.4 Å². The van der Waals surface area contributed by atoms with Crippen molar-refractivity contribution in [2.45, 2.75) is 149 Å². The number of benzene rings is 5. The van der Waals surface area contributed by atoms with Gasteiger partial charge in [-0.05, 0) is 104 Å². The number of hydrogen-bond acceptors (Lipinski definition) is 17. The normalized spacial score (nSPS) is 11.5. The zero-order valence-corrected chi connectivity index (χ0v) is 59.9. The molecule has 0 amide bonds. The fourth-order valence-electron chi connectivity index (χ4n) is 8.52. The average molecular weight is 1420 g/mol. The van der Waals surface area contributed by atoms with E-state index in [9.17, 15) is 62.9 Å². The van der Waals surface area contributed by atoms with E-state index in [1.165, 1.54) is 121 Å². The second-order valence-corrected chi connectivity index (χ2v) is 21.7. The molecule has 0 atom stereocenters. The van der Waals surface area contributed by atoms with Gasteiger partial charge in [-0.3, -0.25) is 43.9 Å². The van der Waals surface area contributed by atoms with E-state index < -0.39 is 4.92 Å². The second kappa shape index (κ2) is 67.3. The summed E-state index contributed by atoms with van der Waals surface area (Å²) in [6.45, 7) is 4.01. The summed E-state index contributed by atoms with van der Waals surface area (Å²) in [7, 11) is 3.09. The van der Waals surface area contributed by atoms with Gasteiger partial charge in [0.25, 0.3) is 5.69 Å². The molecule has 10 rings (SSSR count). The number of unbranched alkanes of at least 4 members (excludes halogenated alkanes) is 5. The monoisotopic (exact) mass is 1420 g/mol. The maximum Gasteiger partial charge on any atom is 2.00 e. The number of aromatic nitrogens is 1. The van der Waals surface area contributed by atoms with Crippen LogP contribution in [0.4, 0.5) is 5.69 Å². The van der Waals surface area contributed by atoms with Crippen molar-refractivity contribution in [1.82, 2.24) is 4.98 Å². The van der Waals surface area contributed by atoms with E-state index in [-0.39, 0.29) is 37.6 Å². The van der Waals surface area contributed by atoms with Crippen LogP contribution in [0.25, 0.3) is 11.3 Å². The molecule has 0 radical (unpaired) electrons. The minimum absolute atomic E-state index is 0. The fraction of sp³-hybridized carbons (Fsp3) is 0.342. The maximum atomic E-state index is 10.4. The number of hydrogen-bond donors (Lipinski definition) is 0. The SMILES string of the molecule is C1CCCC1.CCC=O.CCCCCCCC=O.COc1ccc(C=O)cc1OC.O=CC1CCCC1.O=CC1CCCC1.O=CCc1ccccc1.O=Cc1ccc(-c2cccc(Cl)c2)o1.O=Cc1ccc(C=O)cc1.O=Cc1ccc([N+](=O)[O-])cc1.O=Cc1cccnc1.[CH3-].[CH3-].[Fe+2]. The number of rotatable bonds is 21. The number of carbonyl (C=O) groups excluding carboxylic acids is 11. The van der Waals surface area contributed by atoms with Crippen molar-refractivity contribution in [3.63, 3.8) is 0 Å². The summed E-state index contributed by atoms with van der Waals surface area (Å²) in [5.74, 6) is 3.00. The number of aldehydes is 11. The molecule has 5 aromatic carbocycles. The molecule has 0 bridgehead atoms. The third-order valence-corrected chi connectivity index (χ3v) is 14.1. The van der Waals surface area contributed by atoms with Gasteiger partial charge in [0, 0.05) is 94.0 Å². The van der Waals surface area contributed by atoms with Crippen LogP contribution < -0.4 is 9.47 Å². The van der Waals surface area contributed by atoms with Crippen LogP contribution in [-0.4, -0.2) is 93.3 Å². The second-order valence-electron chi connectivity index (χ2n) is 21.3. The molecule has 0 saturated heterocycles. The number of carbonyl (C=O) groups is 11. The van der Waals surface area contributed by atoms with Gasteiger partial charge >= 0.3 is 17.1 Å². The molecular formula is C79H99ClFeN2O16. The number of nitro groups is 1. The van der Waals surface area contributed by atoms with Crippen LogP contribution in [0.2, 0.25) is 5.02 Å². The molecule has 2 aromatic heterocycles. The van der Waals surface area contributed by atoms with Crippen molar-refractivity contribution >= 4 is 86.4 Å². The van der Waals surface area contributed by atoms with Crippen molar-refractivity contribution in [3.8, 4) is 22.8 Å². The Kier molecular flexibility index (Phi) is 65.3. The molecule has 2 heterocycles. The van der Waals surface area contributed by atoms with Gasteiger partial charge < -0.3 is 52.7 Å². The van der Waals surface area contributed by atoms with E-state index >= 15 is 0 Å². The molecule has 0 N–H and O–H groups in total. The topological polar surface area (TPSA) is 275 Å². The van der Waals surface area contributed by atoms with E-state index in [1.54, 1.807) is 92.2 Å². The Balaban J connectivity index is -0.000000506. The number of halogens is 1. The number of nitrogens with zero attached hydrogens (tertiary/aromatic N) is 2. The molecule has 0 spiro atoms. The number of furan rings is 1. The van der Waals surface area contributed by atoms with Crippen LogP contribution in [0.5, 0.6) is 11.5 Å². The first kappa shape index (κ1) is 96.1. The van der Waals surface area contributed by atoms with E-state index in [2.05, 4.69) is 11.9 Å². The first-order valence-electron chi connectivity index (χ1n) is 32.1. The molecule has 3 aliphatic rings. The van der Waals surface area contributed by atoms with Crippen molar-refractivity contribution in [2.75, 3.05) is 14.2 Å². The number of methoxy groups -OCH3 is 2. The Labute approximate surface area is 601 Å². The molecule has 0 aliphatic heterocycles. The maximum absolute atomic E-state index is 10.4. The molecule has 20 heteroatoms. The standard InChI is InChI=1S/C11H7ClO2.C9H10O3.C8H6O2.C8H8O.C8H16O.C7H5NO3.C6H5NO.2C6H10O.C5H10.C3H6O.2CH3.Fe/c12-9-3-1-2-8(6-9)11-5-4-10(7-13)14-11;1-11-8-4-3-7(6-10)5-9(8)12-2;9-5-7-1-2-8(6-10)4-3-7;9-7-6-8-4-2-1-3-5-8;1-2-3-4-5-6-7-8-9;9-5-6-1-3-7(4-2-6)8(10)11;8-5-6-2-1-3-7-4-6;2*7-5-6-3-1-2-4-6;1-2-4-5-3-1;1-2-3-4;;;/h1-7H;3-6H,1-2H3;1-6H;1-5,7H,6H2;8H,2-7H2,1H3;1-5H;1-5H;2*5-6H,1-4H2;1-5H2;3H,2H2,1H3;2*1H3;/q;;;;;;;;;;;2*-1;+2. The summed E-state index contributed by atoms with van der Waals surface area (Å²) >= 11 is 5.82. The molecule has 18 nitrogen and oxygen atoms in total. The molecule has 3 fully saturated rings. The Morgan fingerprint density at radius 2 is 0.990 bits per heavy atom. The Hall–Kier alpha value is -9.29. The predicted molar refractivity (Wildman–Crippen MR) is 389 cm³/mol. The number of nitro benzene ring substituents is 1. The first-order chi connectivity index (χ1) is 46.8. The molecule has 3 saturated carbocycles. The third-order valence-electron chi connectivity index (χ3n) is 13.9. The van der Waals surface area contributed by atoms with Gasteiger partial charge in [-0.25, -0.2) is 0 Å². The first-order valence-corrected chi connectivity index (χ1v) is 32.4. The largest absolute Gasteiger partial charge is 2.00 e.